The number of hydrogen-bond acceptors (Lipinski definition) is 2. The van der Waals surface area contributed by atoms with Crippen LogP contribution in [0.1, 0.15) is 18.4 Å². The van der Waals surface area contributed by atoms with Crippen molar-refractivity contribution in [1.29, 1.82) is 0 Å². The van der Waals surface area contributed by atoms with E-state index in [-0.39, 0.29) is 5.82 Å². The minimum atomic E-state index is -0.596. The largest absolute Gasteiger partial charge is 0.235 e. The summed E-state index contributed by atoms with van der Waals surface area (Å²) in [4.78, 5) is 13.9. The number of nitrogens with zero attached hydrogens (tertiary/aromatic N) is 1. The normalized spacial score (nSPS) is 17.3. The van der Waals surface area contributed by atoms with Gasteiger partial charge in [-0.25, -0.2) is 9.18 Å². The molecule has 0 amide bonds. The van der Waals surface area contributed by atoms with Gasteiger partial charge in [-0.15, -0.1) is 0 Å². The Morgan fingerprint density at radius 3 is 2.79 bits per heavy atom. The van der Waals surface area contributed by atoms with Crippen LogP contribution < -0.4 is 0 Å². The summed E-state index contributed by atoms with van der Waals surface area (Å²) in [5.74, 6) is -0.364. The Morgan fingerprint density at radius 1 is 1.50 bits per heavy atom. The Hall–Kier alpha value is -1.18. The van der Waals surface area contributed by atoms with Crippen molar-refractivity contribution in [2.24, 2.45) is 4.99 Å². The van der Waals surface area contributed by atoms with Crippen LogP contribution in [0.5, 0.6) is 0 Å². The van der Waals surface area contributed by atoms with Crippen LogP contribution in [-0.2, 0) is 10.3 Å². The van der Waals surface area contributed by atoms with E-state index in [9.17, 15) is 9.18 Å². The molecule has 0 N–H and O–H groups in total. The van der Waals surface area contributed by atoms with Crippen LogP contribution in [0.3, 0.4) is 0 Å². The number of carbonyl (C=O) groups excluding carboxylic acids is 1. The average Bonchev–Trinajstić information content (AvgIpc) is 2.91. The van der Waals surface area contributed by atoms with Crippen molar-refractivity contribution in [2.45, 2.75) is 18.4 Å². The third kappa shape index (κ3) is 1.45. The molecule has 14 heavy (non-hydrogen) atoms. The number of halogens is 2. The summed E-state index contributed by atoms with van der Waals surface area (Å²) in [5, 5.41) is 0.447. The average molecular weight is 212 g/mol. The van der Waals surface area contributed by atoms with E-state index in [1.54, 1.807) is 0 Å². The summed E-state index contributed by atoms with van der Waals surface area (Å²) in [6.45, 7) is 0. The predicted octanol–water partition coefficient (Wildman–Crippen LogP) is 2.80. The van der Waals surface area contributed by atoms with Gasteiger partial charge in [0.25, 0.3) is 0 Å². The first-order valence-corrected chi connectivity index (χ1v) is 4.60. The fourth-order valence-electron chi connectivity index (χ4n) is 1.50. The molecule has 0 atom stereocenters. The quantitative estimate of drug-likeness (QED) is 0.546. The van der Waals surface area contributed by atoms with Crippen molar-refractivity contribution in [1.82, 2.24) is 0 Å². The van der Waals surface area contributed by atoms with Crippen LogP contribution in [0.25, 0.3) is 0 Å². The lowest BCUT2D eigenvalue weighted by Gasteiger charge is -2.09. The maximum atomic E-state index is 12.9. The molecule has 2 rings (SSSR count). The minimum absolute atomic E-state index is 0.364. The molecule has 0 bridgehead atoms. The highest BCUT2D eigenvalue weighted by atomic mass is 35.5. The molecule has 1 aromatic carbocycles. The summed E-state index contributed by atoms with van der Waals surface area (Å²) in [5.41, 5.74) is -0.0106. The summed E-state index contributed by atoms with van der Waals surface area (Å²) in [7, 11) is 0. The van der Waals surface area contributed by atoms with E-state index in [4.69, 9.17) is 11.6 Å². The number of isocyanates is 1. The minimum Gasteiger partial charge on any atom is -0.211 e. The number of hydrogen-bond donors (Lipinski definition) is 0. The third-order valence-electron chi connectivity index (χ3n) is 2.41. The second kappa shape index (κ2) is 3.19. The smallest absolute Gasteiger partial charge is 0.211 e. The van der Waals surface area contributed by atoms with Crippen molar-refractivity contribution < 1.29 is 9.18 Å². The Balaban J connectivity index is 2.50. The molecule has 72 valence electrons. The van der Waals surface area contributed by atoms with E-state index in [1.807, 2.05) is 0 Å². The molecule has 0 aromatic heterocycles. The van der Waals surface area contributed by atoms with Crippen LogP contribution >= 0.6 is 11.6 Å². The van der Waals surface area contributed by atoms with E-state index < -0.39 is 5.54 Å². The predicted molar refractivity (Wildman–Crippen MR) is 50.4 cm³/mol. The topological polar surface area (TPSA) is 29.4 Å². The second-order valence-electron chi connectivity index (χ2n) is 3.36. The number of benzene rings is 1. The van der Waals surface area contributed by atoms with Gasteiger partial charge in [0.1, 0.15) is 5.82 Å². The number of rotatable bonds is 2. The molecule has 0 radical (unpaired) electrons. The summed E-state index contributed by atoms with van der Waals surface area (Å²) in [6, 6.07) is 4.09. The van der Waals surface area contributed by atoms with Crippen LogP contribution in [0.4, 0.5) is 4.39 Å². The van der Waals surface area contributed by atoms with Crippen molar-refractivity contribution >= 4 is 17.7 Å². The van der Waals surface area contributed by atoms with Crippen LogP contribution in [0, 0.1) is 5.82 Å². The van der Waals surface area contributed by atoms with Gasteiger partial charge in [-0.1, -0.05) is 11.6 Å². The zero-order valence-electron chi connectivity index (χ0n) is 7.26. The molecule has 0 saturated heterocycles. The fourth-order valence-corrected chi connectivity index (χ4v) is 1.79. The highest BCUT2D eigenvalue weighted by molar-refractivity contribution is 6.31. The van der Waals surface area contributed by atoms with Crippen LogP contribution in [0.2, 0.25) is 5.02 Å². The van der Waals surface area contributed by atoms with E-state index in [0.717, 1.165) is 12.8 Å². The monoisotopic (exact) mass is 211 g/mol. The Morgan fingerprint density at radius 2 is 2.21 bits per heavy atom. The molecule has 1 saturated carbocycles. The molecule has 0 unspecified atom stereocenters. The molecule has 1 aliphatic carbocycles. The first-order chi connectivity index (χ1) is 6.68. The standard InChI is InChI=1S/C10H7ClFNO/c11-9-2-1-7(12)5-8(9)10(3-4-10)13-6-14/h1-2,5H,3-4H2. The molecule has 4 heteroatoms. The zero-order valence-corrected chi connectivity index (χ0v) is 8.01. The van der Waals surface area contributed by atoms with Gasteiger partial charge in [-0.3, -0.25) is 0 Å². The Labute approximate surface area is 85.4 Å². The van der Waals surface area contributed by atoms with Crippen molar-refractivity contribution in [3.05, 3.63) is 34.6 Å². The van der Waals surface area contributed by atoms with Crippen LogP contribution in [-0.4, -0.2) is 6.08 Å². The highest BCUT2D eigenvalue weighted by Gasteiger charge is 2.46. The SMILES string of the molecule is O=C=NC1(c2cc(F)ccc2Cl)CC1. The van der Waals surface area contributed by atoms with E-state index in [2.05, 4.69) is 4.99 Å². The maximum absolute atomic E-state index is 12.9. The van der Waals surface area contributed by atoms with Gasteiger partial charge in [0.05, 0.1) is 5.54 Å². The Kier molecular flexibility index (Phi) is 2.14. The summed E-state index contributed by atoms with van der Waals surface area (Å²) < 4.78 is 12.9. The first-order valence-electron chi connectivity index (χ1n) is 4.22. The first kappa shape index (κ1) is 9.38. The van der Waals surface area contributed by atoms with Gasteiger partial charge in [0, 0.05) is 10.6 Å². The molecular weight excluding hydrogens is 205 g/mol. The molecule has 0 heterocycles. The molecule has 1 fully saturated rings. The Bertz CT molecular complexity index is 422. The lowest BCUT2D eigenvalue weighted by molar-refractivity contribution is 0.555. The van der Waals surface area contributed by atoms with Gasteiger partial charge in [0.15, 0.2) is 0 Å². The molecule has 0 spiro atoms. The molecule has 1 aromatic rings. The van der Waals surface area contributed by atoms with Gasteiger partial charge in [-0.2, -0.15) is 4.99 Å². The van der Waals surface area contributed by atoms with E-state index in [1.165, 1.54) is 24.3 Å². The van der Waals surface area contributed by atoms with Gasteiger partial charge < -0.3 is 0 Å². The molecule has 0 aliphatic heterocycles. The molecule has 1 aliphatic rings. The third-order valence-corrected chi connectivity index (χ3v) is 2.74. The summed E-state index contributed by atoms with van der Waals surface area (Å²) in [6.07, 6.45) is 2.96. The van der Waals surface area contributed by atoms with Gasteiger partial charge >= 0.3 is 0 Å². The second-order valence-corrected chi connectivity index (χ2v) is 3.77. The highest BCUT2D eigenvalue weighted by Crippen LogP contribution is 2.51. The summed E-state index contributed by atoms with van der Waals surface area (Å²) >= 11 is 5.90. The number of aliphatic imine (C=N–C) groups is 1. The van der Waals surface area contributed by atoms with Crippen LogP contribution in [0.15, 0.2) is 23.2 Å². The van der Waals surface area contributed by atoms with E-state index >= 15 is 0 Å². The fraction of sp³-hybridized carbons (Fsp3) is 0.300. The van der Waals surface area contributed by atoms with Crippen molar-refractivity contribution in [3.8, 4) is 0 Å². The molecule has 2 nitrogen and oxygen atoms in total. The zero-order chi connectivity index (χ0) is 10.2. The van der Waals surface area contributed by atoms with Crippen molar-refractivity contribution in [2.75, 3.05) is 0 Å². The van der Waals surface area contributed by atoms with E-state index in [0.29, 0.717) is 10.6 Å². The van der Waals surface area contributed by atoms with Crippen molar-refractivity contribution in [3.63, 3.8) is 0 Å². The van der Waals surface area contributed by atoms with Gasteiger partial charge in [-0.05, 0) is 31.0 Å². The lowest BCUT2D eigenvalue weighted by atomic mass is 10.1. The lowest BCUT2D eigenvalue weighted by Crippen LogP contribution is -2.03. The maximum Gasteiger partial charge on any atom is 0.235 e. The van der Waals surface area contributed by atoms with Gasteiger partial charge in [0.2, 0.25) is 6.08 Å². The molecular formula is C10H7ClFNO.